The summed E-state index contributed by atoms with van der Waals surface area (Å²) in [5.74, 6) is 21.5. The topological polar surface area (TPSA) is 0 Å². The highest BCUT2D eigenvalue weighted by atomic mass is 15.4. The molecular weight excluding hydrogens is 336 g/mol. The summed E-state index contributed by atoms with van der Waals surface area (Å²) >= 11 is 0. The van der Waals surface area contributed by atoms with Gasteiger partial charge in [-0.15, -0.1) is 0 Å². The molecule has 0 amide bonds. The fourth-order valence-corrected chi connectivity index (χ4v) is 26.2. The van der Waals surface area contributed by atoms with Crippen LogP contribution >= 0.6 is 0 Å². The second-order valence-electron chi connectivity index (χ2n) is 17.0. The van der Waals surface area contributed by atoms with Gasteiger partial charge in [0.1, 0.15) is 0 Å². The van der Waals surface area contributed by atoms with Crippen LogP contribution in [0.15, 0.2) is 0 Å². The monoisotopic (exact) mass is 360 g/mol. The first-order valence-corrected chi connectivity index (χ1v) is 13.9. The van der Waals surface area contributed by atoms with Crippen LogP contribution < -0.4 is 0 Å². The molecule has 8 unspecified atom stereocenters. The van der Waals surface area contributed by atoms with Crippen molar-refractivity contribution in [2.24, 2.45) is 138 Å². The van der Waals surface area contributed by atoms with Crippen molar-refractivity contribution in [1.29, 1.82) is 0 Å². The van der Waals surface area contributed by atoms with Crippen LogP contribution in [0.1, 0.15) is 25.7 Å². The Bertz CT molecular complexity index is 1010. The molecule has 0 heterocycles. The highest BCUT2D eigenvalue weighted by Gasteiger charge is 3.37. The Labute approximate surface area is 163 Å². The van der Waals surface area contributed by atoms with Crippen LogP contribution in [0.5, 0.6) is 0 Å². The predicted octanol–water partition coefficient (Wildman–Crippen LogP) is 3.53. The molecule has 0 nitrogen and oxygen atoms in total. The SMILES string of the molecule is C1C2C3C4C1C15C6C7C18C4CC3C81C3C(C251)C12C4CC5C8C4C4CC8C7(C561)C432. The molecule has 0 radical (unpaired) electrons. The Morgan fingerprint density at radius 2 is 0.464 bits per heavy atom. The summed E-state index contributed by atoms with van der Waals surface area (Å²) in [6.07, 6.45) is 7.28. The molecule has 28 heavy (non-hydrogen) atoms. The summed E-state index contributed by atoms with van der Waals surface area (Å²) in [7, 11) is 0. The molecule has 18 aliphatic rings. The van der Waals surface area contributed by atoms with E-state index in [1.807, 2.05) is 25.7 Å². The number of hydrogen-bond acceptors (Lipinski definition) is 0. The van der Waals surface area contributed by atoms with Crippen molar-refractivity contribution in [2.75, 3.05) is 0 Å². The summed E-state index contributed by atoms with van der Waals surface area (Å²) in [5, 5.41) is 0. The molecule has 0 saturated heterocycles. The standard InChI is InChI=1S/C28H24/c1-5-13-7-2-8-14(13)6(1)22-18-20-24(8,22)23(7)19-17(21(5,22)23)25-9-3-10-16-12-4-11(15(9)16)27(19,25)28(12,20)26(10,18)25/h5-20H,1-4H2. The lowest BCUT2D eigenvalue weighted by atomic mass is 8.80. The van der Waals surface area contributed by atoms with Crippen LogP contribution in [-0.2, 0) is 0 Å². The Morgan fingerprint density at radius 1 is 0.286 bits per heavy atom. The van der Waals surface area contributed by atoms with E-state index in [0.717, 1.165) is 43.3 Å². The van der Waals surface area contributed by atoms with Crippen LogP contribution in [0.2, 0.25) is 0 Å². The van der Waals surface area contributed by atoms with Gasteiger partial charge in [-0.05, 0) is 164 Å². The van der Waals surface area contributed by atoms with Crippen molar-refractivity contribution in [3.05, 3.63) is 0 Å². The maximum atomic E-state index is 1.82. The van der Waals surface area contributed by atoms with Gasteiger partial charge in [-0.3, -0.25) is 0 Å². The molecule has 8 bridgehead atoms. The second kappa shape index (κ2) is 1.83. The fraction of sp³-hybridized carbons (Fsp3) is 1.00. The molecule has 0 heteroatoms. The van der Waals surface area contributed by atoms with E-state index in [9.17, 15) is 0 Å². The minimum absolute atomic E-state index is 1.07. The normalized spacial score (nSPS) is 120. The first kappa shape index (κ1) is 10.5. The molecule has 18 aliphatic carbocycles. The van der Waals surface area contributed by atoms with E-state index in [2.05, 4.69) is 0 Å². The van der Waals surface area contributed by atoms with Gasteiger partial charge in [0.05, 0.1) is 0 Å². The summed E-state index contributed by atoms with van der Waals surface area (Å²) in [6, 6.07) is 0. The van der Waals surface area contributed by atoms with Crippen LogP contribution in [0.4, 0.5) is 0 Å². The molecule has 0 N–H and O–H groups in total. The van der Waals surface area contributed by atoms with Crippen molar-refractivity contribution in [2.45, 2.75) is 25.7 Å². The van der Waals surface area contributed by atoms with Crippen LogP contribution in [0, 0.1) is 138 Å². The predicted molar refractivity (Wildman–Crippen MR) is 93.8 cm³/mol. The zero-order valence-corrected chi connectivity index (χ0v) is 16.1. The zero-order chi connectivity index (χ0) is 16.1. The average molecular weight is 361 g/mol. The Hall–Kier alpha value is 0. The van der Waals surface area contributed by atoms with Gasteiger partial charge in [-0.2, -0.15) is 0 Å². The molecule has 0 aromatic rings. The second-order valence-corrected chi connectivity index (χ2v) is 17.0. The third kappa shape index (κ3) is 0.302. The van der Waals surface area contributed by atoms with Crippen LogP contribution in [-0.4, -0.2) is 0 Å². The number of rotatable bonds is 0. The summed E-state index contributed by atoms with van der Waals surface area (Å²) < 4.78 is 0. The van der Waals surface area contributed by atoms with Crippen molar-refractivity contribution < 1.29 is 0 Å². The quantitative estimate of drug-likeness (QED) is 0.620. The molecule has 0 aromatic carbocycles. The van der Waals surface area contributed by atoms with Gasteiger partial charge in [0.2, 0.25) is 0 Å². The maximum absolute atomic E-state index is 1.82. The lowest BCUT2D eigenvalue weighted by Gasteiger charge is -3.23. The van der Waals surface area contributed by atoms with Gasteiger partial charge in [-0.25, -0.2) is 0 Å². The molecule has 18 rings (SSSR count). The molecule has 18 fully saturated rings. The molecule has 18 saturated carbocycles. The van der Waals surface area contributed by atoms with Crippen molar-refractivity contribution >= 4 is 0 Å². The van der Waals surface area contributed by atoms with Gasteiger partial charge in [0, 0.05) is 0 Å². The molecule has 0 aliphatic heterocycles. The van der Waals surface area contributed by atoms with E-state index in [1.165, 1.54) is 94.7 Å². The fourth-order valence-electron chi connectivity index (χ4n) is 26.2. The van der Waals surface area contributed by atoms with Crippen LogP contribution in [0.3, 0.4) is 0 Å². The first-order chi connectivity index (χ1) is 13.9. The highest BCUT2D eigenvalue weighted by Crippen LogP contribution is 3.39. The van der Waals surface area contributed by atoms with Crippen molar-refractivity contribution in [1.82, 2.24) is 0 Å². The van der Waals surface area contributed by atoms with E-state index < -0.39 is 0 Å². The van der Waals surface area contributed by atoms with Crippen molar-refractivity contribution in [3.63, 3.8) is 0 Å². The van der Waals surface area contributed by atoms with Gasteiger partial charge in [0.15, 0.2) is 0 Å². The third-order valence-corrected chi connectivity index (χ3v) is 21.4. The molecule has 8 spiro atoms. The van der Waals surface area contributed by atoms with Gasteiger partial charge < -0.3 is 0 Å². The van der Waals surface area contributed by atoms with E-state index in [1.54, 1.807) is 0 Å². The third-order valence-electron chi connectivity index (χ3n) is 21.4. The minimum atomic E-state index is 1.07. The smallest absolute Gasteiger partial charge is 0.00932 e. The van der Waals surface area contributed by atoms with E-state index in [4.69, 9.17) is 0 Å². The molecule has 0 aromatic heterocycles. The average Bonchev–Trinajstić information content (AvgIpc) is 3.39. The minimum Gasteiger partial charge on any atom is -0.0458 e. The molecule has 8 atom stereocenters. The summed E-state index contributed by atoms with van der Waals surface area (Å²) in [6.45, 7) is 0. The number of fused-ring (bicyclic) bond motifs is 2. The highest BCUT2D eigenvalue weighted by molar-refractivity contribution is 5.82. The van der Waals surface area contributed by atoms with Gasteiger partial charge in [0.25, 0.3) is 0 Å². The van der Waals surface area contributed by atoms with Crippen molar-refractivity contribution in [3.8, 4) is 0 Å². The largest absolute Gasteiger partial charge is 0.0458 e. The maximum Gasteiger partial charge on any atom is -0.00932 e. The van der Waals surface area contributed by atoms with Gasteiger partial charge >= 0.3 is 0 Å². The Morgan fingerprint density at radius 3 is 0.643 bits per heavy atom. The zero-order valence-electron chi connectivity index (χ0n) is 16.1. The molecular formula is C28H24. The summed E-state index contributed by atoms with van der Waals surface area (Å²) in [5.41, 5.74) is 8.53. The van der Waals surface area contributed by atoms with Crippen LogP contribution in [0.25, 0.3) is 0 Å². The Kier molecular flexibility index (Phi) is 0.687. The van der Waals surface area contributed by atoms with E-state index >= 15 is 0 Å². The summed E-state index contributed by atoms with van der Waals surface area (Å²) in [4.78, 5) is 0. The lowest BCUT2D eigenvalue weighted by molar-refractivity contribution is -0.779. The molecule has 136 valence electrons. The van der Waals surface area contributed by atoms with E-state index in [-0.39, 0.29) is 0 Å². The Balaban J connectivity index is 1.26. The van der Waals surface area contributed by atoms with E-state index in [0.29, 0.717) is 0 Å². The number of hydrogen-bond donors (Lipinski definition) is 0. The first-order valence-electron chi connectivity index (χ1n) is 13.9. The van der Waals surface area contributed by atoms with Gasteiger partial charge in [-0.1, -0.05) is 0 Å². The lowest BCUT2D eigenvalue weighted by Crippen LogP contribution is -3.21.